The first kappa shape index (κ1) is 13.8. The Morgan fingerprint density at radius 3 is 2.40 bits per heavy atom. The Hall–Kier alpha value is -1.21. The fraction of sp³-hybridized carbons (Fsp3) is 0.364. The van der Waals surface area contributed by atoms with Crippen molar-refractivity contribution in [3.8, 4) is 0 Å². The van der Waals surface area contributed by atoms with Crippen LogP contribution < -0.4 is 0 Å². The average Bonchev–Trinajstić information content (AvgIpc) is 2.30. The third-order valence-corrected chi connectivity index (χ3v) is 1.66. The van der Waals surface area contributed by atoms with Gasteiger partial charge in [-0.3, -0.25) is 4.79 Å². The second-order valence-corrected chi connectivity index (χ2v) is 2.88. The highest BCUT2D eigenvalue weighted by Crippen LogP contribution is 2.00. The Labute approximate surface area is 92.1 Å². The summed E-state index contributed by atoms with van der Waals surface area (Å²) in [6.07, 6.45) is 1.25. The van der Waals surface area contributed by atoms with Gasteiger partial charge in [0.25, 0.3) is 0 Å². The molecule has 1 aromatic carbocycles. The monoisotopic (exact) mass is 227 g/mol. The van der Waals surface area contributed by atoms with E-state index in [4.69, 9.17) is 9.30 Å². The first-order chi connectivity index (χ1) is 7.33. The topological polar surface area (TPSA) is 43.4 Å². The minimum atomic E-state index is -0.145. The van der Waals surface area contributed by atoms with Gasteiger partial charge in [0.1, 0.15) is 0 Å². The molecular weight excluding hydrogens is 211 g/mol. The summed E-state index contributed by atoms with van der Waals surface area (Å²) in [5, 5.41) is 0. The molecule has 0 saturated carbocycles. The molecule has 0 heterocycles. The van der Waals surface area contributed by atoms with Gasteiger partial charge in [0.05, 0.1) is 13.0 Å². The summed E-state index contributed by atoms with van der Waals surface area (Å²) in [4.78, 5) is 11.1. The minimum Gasteiger partial charge on any atom is -0.465 e. The van der Waals surface area contributed by atoms with Crippen molar-refractivity contribution in [3.63, 3.8) is 0 Å². The molecule has 0 saturated heterocycles. The van der Waals surface area contributed by atoms with Crippen LogP contribution in [0.1, 0.15) is 18.9 Å². The van der Waals surface area contributed by atoms with Crippen molar-refractivity contribution in [2.45, 2.75) is 19.8 Å². The van der Waals surface area contributed by atoms with Crippen LogP contribution >= 0.6 is 9.12 Å². The third-order valence-electron chi connectivity index (χ3n) is 1.66. The van der Waals surface area contributed by atoms with Crippen LogP contribution in [0.3, 0.4) is 0 Å². The molecule has 0 bridgehead atoms. The van der Waals surface area contributed by atoms with Crippen LogP contribution in [-0.2, 0) is 20.5 Å². The summed E-state index contributed by atoms with van der Waals surface area (Å²) in [6, 6.07) is 9.62. The third kappa shape index (κ3) is 6.81. The van der Waals surface area contributed by atoms with Crippen molar-refractivity contribution >= 4 is 15.1 Å². The Balaban J connectivity index is 0.000000921. The summed E-state index contributed by atoms with van der Waals surface area (Å²) in [6.45, 7) is 2.50. The van der Waals surface area contributed by atoms with E-state index in [9.17, 15) is 4.79 Å². The quantitative estimate of drug-likeness (QED) is 0.586. The molecule has 3 nitrogen and oxygen atoms in total. The number of hydrogen-bond donors (Lipinski definition) is 0. The highest BCUT2D eigenvalue weighted by atomic mass is 31.0. The smallest absolute Gasteiger partial charge is 0.310 e. The van der Waals surface area contributed by atoms with Crippen molar-refractivity contribution < 1.29 is 14.1 Å². The molecule has 1 atom stereocenters. The molecule has 1 rings (SSSR count). The van der Waals surface area contributed by atoms with Gasteiger partial charge in [-0.2, -0.15) is 0 Å². The maximum absolute atomic E-state index is 11.1. The maximum atomic E-state index is 11.1. The molecule has 1 aromatic rings. The Morgan fingerprint density at radius 1 is 1.27 bits per heavy atom. The van der Waals surface area contributed by atoms with E-state index in [0.29, 0.717) is 13.0 Å². The Bertz CT molecular complexity index is 274. The predicted octanol–water partition coefficient (Wildman–Crippen LogP) is 2.39. The molecule has 0 radical (unpaired) electrons. The van der Waals surface area contributed by atoms with E-state index < -0.39 is 0 Å². The molecule has 0 fully saturated rings. The molecule has 15 heavy (non-hydrogen) atoms. The first-order valence-corrected chi connectivity index (χ1v) is 5.23. The van der Waals surface area contributed by atoms with Crippen molar-refractivity contribution in [1.82, 2.24) is 0 Å². The van der Waals surface area contributed by atoms with Gasteiger partial charge < -0.3 is 4.74 Å². The van der Waals surface area contributed by atoms with Crippen molar-refractivity contribution in [3.05, 3.63) is 35.9 Å². The Kier molecular flexibility index (Phi) is 8.59. The molecule has 0 N–H and O–H groups in total. The van der Waals surface area contributed by atoms with Crippen LogP contribution in [0.15, 0.2) is 30.3 Å². The standard InChI is InChI=1S/C11H14O2.H2OP/c1-2-8-13-11(12)9-10-6-4-3-5-7-10;1-2/h3-7H,2,8-9H2,1H3;2H2/q;+1. The number of benzene rings is 1. The maximum Gasteiger partial charge on any atom is 0.310 e. The number of hydrogen-bond acceptors (Lipinski definition) is 3. The van der Waals surface area contributed by atoms with Gasteiger partial charge >= 0.3 is 15.1 Å². The molecule has 0 aromatic heterocycles. The van der Waals surface area contributed by atoms with E-state index in [1.807, 2.05) is 37.3 Å². The zero-order valence-electron chi connectivity index (χ0n) is 8.81. The van der Waals surface area contributed by atoms with Crippen molar-refractivity contribution in [1.29, 1.82) is 0 Å². The molecule has 0 amide bonds. The molecule has 1 unspecified atom stereocenters. The van der Waals surface area contributed by atoms with Crippen LogP contribution in [0.4, 0.5) is 0 Å². The molecule has 0 aliphatic rings. The highest BCUT2D eigenvalue weighted by Gasteiger charge is 2.02. The number of carbonyl (C=O) groups is 1. The largest absolute Gasteiger partial charge is 0.465 e. The summed E-state index contributed by atoms with van der Waals surface area (Å²) >= 11 is 0. The summed E-state index contributed by atoms with van der Waals surface area (Å²) < 4.78 is 13.1. The van der Waals surface area contributed by atoms with Crippen LogP contribution in [0.5, 0.6) is 0 Å². The van der Waals surface area contributed by atoms with Crippen LogP contribution in [0.2, 0.25) is 0 Å². The lowest BCUT2D eigenvalue weighted by molar-refractivity contribution is -0.142. The molecule has 0 aliphatic heterocycles. The lowest BCUT2D eigenvalue weighted by atomic mass is 10.2. The van der Waals surface area contributed by atoms with Gasteiger partial charge in [-0.25, -0.2) is 0 Å². The van der Waals surface area contributed by atoms with Crippen LogP contribution in [-0.4, -0.2) is 12.6 Å². The van der Waals surface area contributed by atoms with E-state index in [0.717, 1.165) is 12.0 Å². The fourth-order valence-corrected chi connectivity index (χ4v) is 1.03. The van der Waals surface area contributed by atoms with Gasteiger partial charge in [0.2, 0.25) is 0 Å². The number of esters is 1. The molecule has 0 spiro atoms. The predicted molar refractivity (Wildman–Crippen MR) is 61.8 cm³/mol. The molecule has 82 valence electrons. The number of ether oxygens (including phenoxy) is 1. The zero-order chi connectivity index (χ0) is 11.5. The van der Waals surface area contributed by atoms with Crippen LogP contribution in [0, 0.1) is 0 Å². The number of rotatable bonds is 4. The van der Waals surface area contributed by atoms with Crippen molar-refractivity contribution in [2.75, 3.05) is 6.61 Å². The lowest BCUT2D eigenvalue weighted by Crippen LogP contribution is -2.08. The molecule has 0 aliphatic carbocycles. The fourth-order valence-electron chi connectivity index (χ4n) is 1.03. The molecular formula is C11H16O3P+. The number of carbonyl (C=O) groups excluding carboxylic acids is 1. The normalized spacial score (nSPS) is 8.60. The van der Waals surface area contributed by atoms with Gasteiger partial charge in [-0.05, 0) is 12.0 Å². The minimum absolute atomic E-state index is 0.145. The van der Waals surface area contributed by atoms with Crippen molar-refractivity contribution in [2.24, 2.45) is 0 Å². The highest BCUT2D eigenvalue weighted by molar-refractivity contribution is 7.00. The average molecular weight is 227 g/mol. The van der Waals surface area contributed by atoms with Crippen LogP contribution in [0.25, 0.3) is 0 Å². The Morgan fingerprint density at radius 2 is 1.87 bits per heavy atom. The summed E-state index contributed by atoms with van der Waals surface area (Å²) in [5.74, 6) is -0.145. The van der Waals surface area contributed by atoms with E-state index >= 15 is 0 Å². The van der Waals surface area contributed by atoms with E-state index in [1.165, 1.54) is 9.12 Å². The summed E-state index contributed by atoms with van der Waals surface area (Å²) in [7, 11) is 1.17. The van der Waals surface area contributed by atoms with E-state index in [-0.39, 0.29) is 5.97 Å². The summed E-state index contributed by atoms with van der Waals surface area (Å²) in [5.41, 5.74) is 1.00. The van der Waals surface area contributed by atoms with Gasteiger partial charge in [0.15, 0.2) is 0 Å². The SMILES string of the molecule is CCCOC(=O)Cc1ccccc1.O=[PH2+]. The zero-order valence-corrected chi connectivity index (χ0v) is 9.96. The van der Waals surface area contributed by atoms with Gasteiger partial charge in [-0.1, -0.05) is 41.8 Å². The molecule has 4 heteroatoms. The van der Waals surface area contributed by atoms with E-state index in [2.05, 4.69) is 0 Å². The van der Waals surface area contributed by atoms with Gasteiger partial charge in [-0.15, -0.1) is 0 Å². The second-order valence-electron chi connectivity index (χ2n) is 2.88. The lowest BCUT2D eigenvalue weighted by Gasteiger charge is -2.02. The second kappa shape index (κ2) is 9.35. The van der Waals surface area contributed by atoms with Gasteiger partial charge in [0, 0.05) is 0 Å². The first-order valence-electron chi connectivity index (χ1n) is 4.76. The van der Waals surface area contributed by atoms with E-state index in [1.54, 1.807) is 0 Å².